The topological polar surface area (TPSA) is 0 Å². The van der Waals surface area contributed by atoms with Crippen LogP contribution >= 0.6 is 26.6 Å². The summed E-state index contributed by atoms with van der Waals surface area (Å²) in [6.07, 6.45) is 0.492. The van der Waals surface area contributed by atoms with Gasteiger partial charge >= 0.3 is 0 Å². The first-order valence-corrected chi connectivity index (χ1v) is 28.9. The maximum absolute atomic E-state index is 2.70. The van der Waals surface area contributed by atoms with E-state index in [-0.39, 0.29) is 0 Å². The van der Waals surface area contributed by atoms with Crippen LogP contribution < -0.4 is 0 Å². The van der Waals surface area contributed by atoms with Crippen LogP contribution in [0.3, 0.4) is 0 Å². The van der Waals surface area contributed by atoms with Crippen molar-refractivity contribution in [2.24, 2.45) is 0 Å². The molecule has 0 nitrogen and oxygen atoms in total. The molecule has 0 saturated carbocycles. The van der Waals surface area contributed by atoms with Crippen LogP contribution in [0.15, 0.2) is 0 Å². The average Bonchev–Trinajstić information content (AvgIpc) is 2.69. The molecule has 0 amide bonds. The molecule has 3 unspecified atom stereocenters. The Morgan fingerprint density at radius 1 is 0.700 bits per heavy atom. The first kappa shape index (κ1) is 20.0. The zero-order valence-corrected chi connectivity index (χ0v) is 22.4. The molecule has 0 saturated heterocycles. The van der Waals surface area contributed by atoms with Gasteiger partial charge in [0.2, 0.25) is 0 Å². The Hall–Kier alpha value is 1.98. The molecule has 0 aliphatic carbocycles. The van der Waals surface area contributed by atoms with Gasteiger partial charge in [0.25, 0.3) is 0 Å². The van der Waals surface area contributed by atoms with Crippen LogP contribution in [0.25, 0.3) is 0 Å². The van der Waals surface area contributed by atoms with Gasteiger partial charge in [-0.15, -0.1) is 0 Å². The molecule has 0 spiro atoms. The summed E-state index contributed by atoms with van der Waals surface area (Å²) in [6.45, 7) is 33.3. The molecule has 20 heavy (non-hydrogen) atoms. The van der Waals surface area contributed by atoms with Crippen LogP contribution in [0.1, 0.15) is 20.8 Å². The third-order valence-electron chi connectivity index (χ3n) is 3.14. The van der Waals surface area contributed by atoms with Gasteiger partial charge in [-0.2, -0.15) is 0 Å². The molecule has 0 radical (unpaired) electrons. The van der Waals surface area contributed by atoms with Gasteiger partial charge in [0.15, 0.2) is 0 Å². The highest BCUT2D eigenvalue weighted by Gasteiger charge is 2.49. The summed E-state index contributed by atoms with van der Waals surface area (Å²) < 4.78 is 0. The lowest BCUT2D eigenvalue weighted by Gasteiger charge is -2.38. The molecular weight excluding hydrogens is 364 g/mol. The third kappa shape index (κ3) is 4.50. The van der Waals surface area contributed by atoms with Gasteiger partial charge in [0.05, 0.1) is 15.5 Å². The number of hydrogen-bond donors (Lipinski definition) is 0. The molecule has 0 fully saturated rings. The van der Waals surface area contributed by atoms with Crippen molar-refractivity contribution in [1.29, 1.82) is 0 Å². The molecule has 120 valence electrons. The van der Waals surface area contributed by atoms with Crippen LogP contribution in [-0.2, 0) is 5.16 Å². The van der Waals surface area contributed by atoms with Crippen molar-refractivity contribution in [1.82, 2.24) is 0 Å². The molecule has 1 aromatic rings. The summed E-state index contributed by atoms with van der Waals surface area (Å²) in [7, 11) is -2.80. The molecule has 0 aliphatic rings. The lowest BCUT2D eigenvalue weighted by Crippen LogP contribution is -2.29. The molecule has 0 aromatic carbocycles. The summed E-state index contributed by atoms with van der Waals surface area (Å²) >= 11 is 0. The summed E-state index contributed by atoms with van der Waals surface area (Å²) in [6, 6.07) is 0. The summed E-state index contributed by atoms with van der Waals surface area (Å²) in [5, 5.41) is 0.646. The molecular formula is C13H36P4Si3. The van der Waals surface area contributed by atoms with Gasteiger partial charge in [-0.05, 0) is 0 Å². The number of rotatable bonds is 4. The van der Waals surface area contributed by atoms with Crippen molar-refractivity contribution in [3.63, 3.8) is 0 Å². The fourth-order valence-corrected chi connectivity index (χ4v) is 175. The Balaban J connectivity index is 3.45. The van der Waals surface area contributed by atoms with Gasteiger partial charge in [-0.3, -0.25) is 0 Å². The van der Waals surface area contributed by atoms with Crippen molar-refractivity contribution < 1.29 is 0 Å². The summed E-state index contributed by atoms with van der Waals surface area (Å²) in [5.41, 5.74) is 0. The van der Waals surface area contributed by atoms with E-state index in [0.29, 0.717) is 31.8 Å². The van der Waals surface area contributed by atoms with Crippen molar-refractivity contribution in [3.05, 3.63) is 0 Å². The van der Waals surface area contributed by atoms with Gasteiger partial charge in [0.1, 0.15) is 7.74 Å². The zero-order chi connectivity index (χ0) is 16.3. The highest BCUT2D eigenvalue weighted by Crippen LogP contribution is 3.06. The van der Waals surface area contributed by atoms with Gasteiger partial charge in [0, 0.05) is 5.16 Å². The largest absolute Gasteiger partial charge is 0.109 e. The molecule has 1 heterocycles. The summed E-state index contributed by atoms with van der Waals surface area (Å²) in [4.78, 5) is 0. The van der Waals surface area contributed by atoms with Crippen LogP contribution in [0.4, 0.5) is 0 Å². The Morgan fingerprint density at radius 2 is 1.05 bits per heavy atom. The minimum atomic E-state index is -0.954. The quantitative estimate of drug-likeness (QED) is 0.349. The van der Waals surface area contributed by atoms with Gasteiger partial charge in [-0.1, -0.05) is 106 Å². The molecule has 0 aliphatic heterocycles. The van der Waals surface area contributed by atoms with E-state index in [4.69, 9.17) is 0 Å². The number of hydrogen-bond acceptors (Lipinski definition) is 0. The van der Waals surface area contributed by atoms with Gasteiger partial charge in [-0.25, -0.2) is 0 Å². The SMILES string of the molecule is CC(C)(C)p1p(P([Si](C)(C)C)[Si](C)(C)C)p1[Si](C)(C)C. The zero-order valence-electron chi connectivity index (χ0n) is 15.8. The van der Waals surface area contributed by atoms with Crippen LogP contribution in [0.2, 0.25) is 58.9 Å². The Bertz CT molecular complexity index is 414. The van der Waals surface area contributed by atoms with Crippen molar-refractivity contribution in [2.45, 2.75) is 84.9 Å². The lowest BCUT2D eigenvalue weighted by molar-refractivity contribution is 0.725. The average molecular weight is 401 g/mol. The molecule has 0 bridgehead atoms. The smallest absolute Gasteiger partial charge is 0.0912 e. The minimum absolute atomic E-state index is 0.415. The second kappa shape index (κ2) is 5.81. The highest BCUT2D eigenvalue weighted by molar-refractivity contribution is 9.00. The molecule has 1 rings (SSSR count). The second-order valence-corrected chi connectivity index (χ2v) is 62.8. The first-order valence-electron chi connectivity index (χ1n) is 7.69. The van der Waals surface area contributed by atoms with Crippen molar-refractivity contribution in [2.75, 3.05) is 0 Å². The summed E-state index contributed by atoms with van der Waals surface area (Å²) in [5.74, 6) is 0. The molecule has 0 N–H and O–H groups in total. The van der Waals surface area contributed by atoms with E-state index in [1.54, 1.807) is 0 Å². The second-order valence-electron chi connectivity index (χ2n) is 9.84. The van der Waals surface area contributed by atoms with Crippen LogP contribution in [0, 0.1) is 0 Å². The predicted octanol–water partition coefficient (Wildman–Crippen LogP) is 9.00. The molecule has 1 aromatic heterocycles. The monoisotopic (exact) mass is 400 g/mol. The lowest BCUT2D eigenvalue weighted by atomic mass is 10.3. The first-order chi connectivity index (χ1) is 8.49. The Morgan fingerprint density at radius 3 is 1.20 bits per heavy atom. The van der Waals surface area contributed by atoms with E-state index >= 15 is 0 Å². The van der Waals surface area contributed by atoms with Crippen molar-refractivity contribution >= 4 is 49.8 Å². The van der Waals surface area contributed by atoms with E-state index in [9.17, 15) is 0 Å². The van der Waals surface area contributed by atoms with Gasteiger partial charge < -0.3 is 0 Å². The highest BCUT2D eigenvalue weighted by atomic mass is 32.9. The molecule has 3 atom stereocenters. The van der Waals surface area contributed by atoms with E-state index < -0.39 is 23.2 Å². The van der Waals surface area contributed by atoms with E-state index in [1.807, 2.05) is 0 Å². The fraction of sp³-hybridized carbons (Fsp3) is 1.00. The Labute approximate surface area is 134 Å². The van der Waals surface area contributed by atoms with E-state index in [1.165, 1.54) is 0 Å². The van der Waals surface area contributed by atoms with Crippen molar-refractivity contribution in [3.8, 4) is 0 Å². The minimum Gasteiger partial charge on any atom is -0.0912 e. The normalized spacial score (nSPS) is 18.1. The third-order valence-corrected chi connectivity index (χ3v) is 95.1. The maximum atomic E-state index is 2.70. The predicted molar refractivity (Wildman–Crippen MR) is 117 cm³/mol. The van der Waals surface area contributed by atoms with E-state index in [0.717, 1.165) is 0 Å². The maximum Gasteiger partial charge on any atom is 0.109 e. The van der Waals surface area contributed by atoms with Crippen LogP contribution in [0.5, 0.6) is 0 Å². The fourth-order valence-electron chi connectivity index (χ4n) is 2.94. The molecule has 7 heteroatoms. The van der Waals surface area contributed by atoms with Crippen LogP contribution in [-0.4, -0.2) is 23.2 Å². The standard InChI is InChI=1S/C13H36P4Si3/c1-13(2,3)14-15(16(14)18(4,5)6)17(19(7,8)9)20(10,11)12/h1-12H3. The van der Waals surface area contributed by atoms with E-state index in [2.05, 4.69) is 79.7 Å². The Kier molecular flexibility index (Phi) is 5.81.